The van der Waals surface area contributed by atoms with Gasteiger partial charge in [0.25, 0.3) is 0 Å². The Bertz CT molecular complexity index is 148. The van der Waals surface area contributed by atoms with E-state index < -0.39 is 12.0 Å². The molecule has 0 heterocycles. The second-order valence-corrected chi connectivity index (χ2v) is 2.38. The summed E-state index contributed by atoms with van der Waals surface area (Å²) in [6, 6.07) is -1.06. The first-order chi connectivity index (χ1) is 4.57. The van der Waals surface area contributed by atoms with Crippen LogP contribution < -0.4 is 5.73 Å². The Balaban J connectivity index is 3.68. The minimum atomic E-state index is -1.14. The lowest BCUT2D eigenvalue weighted by atomic mass is 10.2. The van der Waals surface area contributed by atoms with Crippen molar-refractivity contribution in [1.82, 2.24) is 0 Å². The second-order valence-electron chi connectivity index (χ2n) is 1.82. The fourth-order valence-electron chi connectivity index (χ4n) is 0.387. The van der Waals surface area contributed by atoms with Gasteiger partial charge in [-0.25, -0.2) is 0 Å². The van der Waals surface area contributed by atoms with Crippen LogP contribution in [0.5, 0.6) is 0 Å². The zero-order valence-electron chi connectivity index (χ0n) is 5.21. The Hall–Kier alpha value is -0.420. The second kappa shape index (κ2) is 4.40. The van der Waals surface area contributed by atoms with Gasteiger partial charge in [-0.3, -0.25) is 9.59 Å². The topological polar surface area (TPSA) is 80.4 Å². The van der Waals surface area contributed by atoms with Gasteiger partial charge in [0, 0.05) is 6.42 Å². The van der Waals surface area contributed by atoms with Crippen molar-refractivity contribution in [3.8, 4) is 0 Å². The van der Waals surface area contributed by atoms with E-state index in [4.69, 9.17) is 10.8 Å². The number of rotatable bonds is 4. The molecule has 0 radical (unpaired) electrons. The van der Waals surface area contributed by atoms with Crippen LogP contribution in [0.1, 0.15) is 6.42 Å². The van der Waals surface area contributed by atoms with Crippen LogP contribution in [0.2, 0.25) is 0 Å². The standard InChI is InChI=1S/C5H8BrNO3/c6-2-3(8)1-4(7)5(9)10/h4H,1-2,7H2,(H,9,10)/t4-/m0/s1. The maximum Gasteiger partial charge on any atom is 0.320 e. The number of carboxylic acids is 1. The molecule has 0 bridgehead atoms. The number of nitrogens with two attached hydrogens (primary N) is 1. The highest BCUT2D eigenvalue weighted by Gasteiger charge is 2.14. The van der Waals surface area contributed by atoms with Gasteiger partial charge in [0.15, 0.2) is 0 Å². The van der Waals surface area contributed by atoms with Gasteiger partial charge in [-0.1, -0.05) is 15.9 Å². The van der Waals surface area contributed by atoms with E-state index in [9.17, 15) is 9.59 Å². The number of carbonyl (C=O) groups is 2. The average Bonchev–Trinajstić information content (AvgIpc) is 1.87. The maximum absolute atomic E-state index is 10.5. The molecule has 0 unspecified atom stereocenters. The Morgan fingerprint density at radius 3 is 2.40 bits per heavy atom. The average molecular weight is 210 g/mol. The predicted molar refractivity (Wildman–Crippen MR) is 39.0 cm³/mol. The summed E-state index contributed by atoms with van der Waals surface area (Å²) >= 11 is 2.89. The van der Waals surface area contributed by atoms with E-state index in [1.165, 1.54) is 0 Å². The van der Waals surface area contributed by atoms with Gasteiger partial charge in [0.1, 0.15) is 11.8 Å². The molecule has 4 nitrogen and oxygen atoms in total. The number of hydrogen-bond donors (Lipinski definition) is 2. The number of ketones is 1. The first-order valence-electron chi connectivity index (χ1n) is 2.64. The summed E-state index contributed by atoms with van der Waals surface area (Å²) in [7, 11) is 0. The highest BCUT2D eigenvalue weighted by atomic mass is 79.9. The van der Waals surface area contributed by atoms with Crippen molar-refractivity contribution in [3.05, 3.63) is 0 Å². The van der Waals surface area contributed by atoms with E-state index in [0.717, 1.165) is 0 Å². The monoisotopic (exact) mass is 209 g/mol. The Kier molecular flexibility index (Phi) is 4.22. The van der Waals surface area contributed by atoms with E-state index in [2.05, 4.69) is 15.9 Å². The molecule has 0 aliphatic rings. The molecule has 0 spiro atoms. The smallest absolute Gasteiger partial charge is 0.320 e. The van der Waals surface area contributed by atoms with Crippen LogP contribution in [0.25, 0.3) is 0 Å². The summed E-state index contributed by atoms with van der Waals surface area (Å²) in [5.41, 5.74) is 5.05. The first-order valence-corrected chi connectivity index (χ1v) is 3.76. The third-order valence-corrected chi connectivity index (χ3v) is 1.54. The largest absolute Gasteiger partial charge is 0.480 e. The van der Waals surface area contributed by atoms with Gasteiger partial charge in [-0.15, -0.1) is 0 Å². The highest BCUT2D eigenvalue weighted by Crippen LogP contribution is 1.93. The zero-order chi connectivity index (χ0) is 8.15. The van der Waals surface area contributed by atoms with Crippen LogP contribution in [-0.4, -0.2) is 28.2 Å². The van der Waals surface area contributed by atoms with Crippen molar-refractivity contribution < 1.29 is 14.7 Å². The maximum atomic E-state index is 10.5. The summed E-state index contributed by atoms with van der Waals surface area (Å²) in [6.07, 6.45) is -0.111. The van der Waals surface area contributed by atoms with E-state index in [0.29, 0.717) is 0 Å². The molecular formula is C5H8BrNO3. The number of Topliss-reactive ketones (excluding diaryl/α,β-unsaturated/α-hetero) is 1. The molecule has 0 aromatic carbocycles. The number of aliphatic carboxylic acids is 1. The third-order valence-electron chi connectivity index (χ3n) is 0.914. The molecule has 10 heavy (non-hydrogen) atoms. The Morgan fingerprint density at radius 1 is 1.60 bits per heavy atom. The van der Waals surface area contributed by atoms with Gasteiger partial charge in [-0.2, -0.15) is 0 Å². The summed E-state index contributed by atoms with van der Waals surface area (Å²) < 4.78 is 0. The fourth-order valence-corrected chi connectivity index (χ4v) is 0.616. The molecule has 0 fully saturated rings. The molecule has 3 N–H and O–H groups in total. The van der Waals surface area contributed by atoms with E-state index >= 15 is 0 Å². The van der Waals surface area contributed by atoms with Crippen LogP contribution >= 0.6 is 15.9 Å². The fraction of sp³-hybridized carbons (Fsp3) is 0.600. The lowest BCUT2D eigenvalue weighted by Gasteiger charge is -2.01. The van der Waals surface area contributed by atoms with E-state index in [1.54, 1.807) is 0 Å². The molecule has 58 valence electrons. The van der Waals surface area contributed by atoms with E-state index in [1.807, 2.05) is 0 Å². The molecule has 0 amide bonds. The highest BCUT2D eigenvalue weighted by molar-refractivity contribution is 9.09. The van der Waals surface area contributed by atoms with Crippen molar-refractivity contribution in [1.29, 1.82) is 0 Å². The predicted octanol–water partition coefficient (Wildman–Crippen LogP) is -0.248. The molecule has 0 aromatic heterocycles. The van der Waals surface area contributed by atoms with Crippen LogP contribution in [-0.2, 0) is 9.59 Å². The van der Waals surface area contributed by atoms with Gasteiger partial charge in [0.05, 0.1) is 5.33 Å². The number of hydrogen-bond acceptors (Lipinski definition) is 3. The van der Waals surface area contributed by atoms with Crippen molar-refractivity contribution in [2.75, 3.05) is 5.33 Å². The summed E-state index contributed by atoms with van der Waals surface area (Å²) in [5, 5.41) is 8.39. The molecular weight excluding hydrogens is 202 g/mol. The van der Waals surface area contributed by atoms with Gasteiger partial charge < -0.3 is 10.8 Å². The van der Waals surface area contributed by atoms with Gasteiger partial charge >= 0.3 is 5.97 Å². The van der Waals surface area contributed by atoms with Crippen molar-refractivity contribution in [2.24, 2.45) is 5.73 Å². The Morgan fingerprint density at radius 2 is 2.10 bits per heavy atom. The molecule has 0 saturated heterocycles. The zero-order valence-corrected chi connectivity index (χ0v) is 6.80. The number of carboxylic acid groups (broad SMARTS) is 1. The molecule has 0 rings (SSSR count). The third kappa shape index (κ3) is 3.58. The normalized spacial score (nSPS) is 12.6. The van der Waals surface area contributed by atoms with Crippen molar-refractivity contribution in [2.45, 2.75) is 12.5 Å². The van der Waals surface area contributed by atoms with Crippen molar-refractivity contribution >= 4 is 27.7 Å². The summed E-state index contributed by atoms with van der Waals surface area (Å²) in [5.74, 6) is -1.34. The minimum absolute atomic E-state index is 0.111. The molecule has 0 aliphatic carbocycles. The number of alkyl halides is 1. The van der Waals surface area contributed by atoms with Gasteiger partial charge in [-0.05, 0) is 0 Å². The van der Waals surface area contributed by atoms with Crippen LogP contribution in [0, 0.1) is 0 Å². The van der Waals surface area contributed by atoms with Crippen molar-refractivity contribution in [3.63, 3.8) is 0 Å². The number of halogens is 1. The lowest BCUT2D eigenvalue weighted by Crippen LogP contribution is -2.32. The first kappa shape index (κ1) is 9.58. The van der Waals surface area contributed by atoms with Crippen LogP contribution in [0.15, 0.2) is 0 Å². The SMILES string of the molecule is N[C@@H](CC(=O)CBr)C(=O)O. The minimum Gasteiger partial charge on any atom is -0.480 e. The molecule has 1 atom stereocenters. The van der Waals surface area contributed by atoms with E-state index in [-0.39, 0.29) is 17.5 Å². The molecule has 0 aliphatic heterocycles. The summed E-state index contributed by atoms with van der Waals surface area (Å²) in [6.45, 7) is 0. The van der Waals surface area contributed by atoms with Gasteiger partial charge in [0.2, 0.25) is 0 Å². The Labute approximate surface area is 66.5 Å². The lowest BCUT2D eigenvalue weighted by molar-refractivity contribution is -0.140. The quantitative estimate of drug-likeness (QED) is 0.627. The molecule has 0 saturated carbocycles. The molecule has 5 heteroatoms. The van der Waals surface area contributed by atoms with Crippen LogP contribution in [0.4, 0.5) is 0 Å². The summed E-state index contributed by atoms with van der Waals surface area (Å²) in [4.78, 5) is 20.6. The number of carbonyl (C=O) groups excluding carboxylic acids is 1. The van der Waals surface area contributed by atoms with Crippen LogP contribution in [0.3, 0.4) is 0 Å². The molecule has 0 aromatic rings.